The number of carboxylic acids is 1. The van der Waals surface area contributed by atoms with Gasteiger partial charge in [-0.1, -0.05) is 26.0 Å². The van der Waals surface area contributed by atoms with E-state index in [0.717, 1.165) is 21.1 Å². The number of carboxylic acid groups (broad SMARTS) is 1. The van der Waals surface area contributed by atoms with Crippen molar-refractivity contribution in [3.05, 3.63) is 28.4 Å². The van der Waals surface area contributed by atoms with E-state index >= 15 is 0 Å². The van der Waals surface area contributed by atoms with Crippen molar-refractivity contribution in [1.29, 1.82) is 0 Å². The summed E-state index contributed by atoms with van der Waals surface area (Å²) in [4.78, 5) is 11.0. The summed E-state index contributed by atoms with van der Waals surface area (Å²) in [6.45, 7) is 3.88. The Balaban J connectivity index is 2.68. The molecule has 0 saturated heterocycles. The first-order valence-corrected chi connectivity index (χ1v) is 6.46. The topological polar surface area (TPSA) is 55.1 Å². The summed E-state index contributed by atoms with van der Waals surface area (Å²) in [5.41, 5.74) is 1.57. The predicted octanol–water partition coefficient (Wildman–Crippen LogP) is 3.09. The summed E-state index contributed by atoms with van der Waals surface area (Å²) < 4.78 is 2.55. The summed E-state index contributed by atoms with van der Waals surface area (Å²) >= 11 is 3.45. The number of aliphatic carboxylic acids is 1. The maximum absolute atomic E-state index is 11.0. The quantitative estimate of drug-likeness (QED) is 0.947. The van der Waals surface area contributed by atoms with Gasteiger partial charge in [-0.15, -0.1) is 0 Å². The van der Waals surface area contributed by atoms with Gasteiger partial charge in [0.25, 0.3) is 0 Å². The van der Waals surface area contributed by atoms with Gasteiger partial charge in [0.1, 0.15) is 4.60 Å². The van der Waals surface area contributed by atoms with Gasteiger partial charge in [-0.2, -0.15) is 5.10 Å². The highest BCUT2D eigenvalue weighted by Crippen LogP contribution is 2.36. The van der Waals surface area contributed by atoms with Crippen LogP contribution >= 0.6 is 15.9 Å². The lowest BCUT2D eigenvalue weighted by atomic mass is 9.80. The van der Waals surface area contributed by atoms with Crippen LogP contribution in [0.5, 0.6) is 0 Å². The van der Waals surface area contributed by atoms with Gasteiger partial charge in [-0.25, -0.2) is 0 Å². The van der Waals surface area contributed by atoms with E-state index in [0.29, 0.717) is 0 Å². The number of benzene rings is 1. The van der Waals surface area contributed by atoms with E-state index in [-0.39, 0.29) is 6.42 Å². The number of carbonyl (C=O) groups is 1. The zero-order chi connectivity index (χ0) is 13.5. The lowest BCUT2D eigenvalue weighted by Gasteiger charge is -2.24. The second kappa shape index (κ2) is 4.39. The Labute approximate surface area is 114 Å². The van der Waals surface area contributed by atoms with Gasteiger partial charge in [-0.3, -0.25) is 9.48 Å². The number of aromatic nitrogens is 2. The highest BCUT2D eigenvalue weighted by atomic mass is 79.9. The Kier molecular flexibility index (Phi) is 3.19. The Bertz CT molecular complexity index is 617. The molecular formula is C13H15BrN2O2. The second-order valence-corrected chi connectivity index (χ2v) is 5.82. The molecule has 0 unspecified atom stereocenters. The van der Waals surface area contributed by atoms with Gasteiger partial charge in [0.05, 0.1) is 11.9 Å². The highest BCUT2D eigenvalue weighted by molar-refractivity contribution is 9.10. The van der Waals surface area contributed by atoms with Crippen molar-refractivity contribution in [1.82, 2.24) is 9.78 Å². The van der Waals surface area contributed by atoms with Crippen LogP contribution in [0.3, 0.4) is 0 Å². The molecule has 0 aliphatic heterocycles. The minimum Gasteiger partial charge on any atom is -0.481 e. The van der Waals surface area contributed by atoms with Crippen molar-refractivity contribution in [2.75, 3.05) is 0 Å². The number of fused-ring (bicyclic) bond motifs is 1. The lowest BCUT2D eigenvalue weighted by molar-refractivity contribution is -0.138. The fourth-order valence-electron chi connectivity index (χ4n) is 2.30. The van der Waals surface area contributed by atoms with Crippen LogP contribution < -0.4 is 0 Å². The van der Waals surface area contributed by atoms with Crippen molar-refractivity contribution >= 4 is 32.8 Å². The first-order valence-electron chi connectivity index (χ1n) is 5.66. The number of halogens is 1. The van der Waals surface area contributed by atoms with Gasteiger partial charge in [0, 0.05) is 17.8 Å². The molecular weight excluding hydrogens is 296 g/mol. The van der Waals surface area contributed by atoms with Crippen LogP contribution in [0, 0.1) is 0 Å². The summed E-state index contributed by atoms with van der Waals surface area (Å²) in [6, 6.07) is 5.89. The van der Waals surface area contributed by atoms with E-state index in [2.05, 4.69) is 21.0 Å². The predicted molar refractivity (Wildman–Crippen MR) is 73.7 cm³/mol. The first-order chi connectivity index (χ1) is 8.33. The first kappa shape index (κ1) is 13.1. The lowest BCUT2D eigenvalue weighted by Crippen LogP contribution is -2.21. The van der Waals surface area contributed by atoms with E-state index in [9.17, 15) is 4.79 Å². The molecule has 2 rings (SSSR count). The molecule has 0 bridgehead atoms. The largest absolute Gasteiger partial charge is 0.481 e. The van der Waals surface area contributed by atoms with Crippen LogP contribution in [-0.2, 0) is 17.3 Å². The molecule has 4 nitrogen and oxygen atoms in total. The summed E-state index contributed by atoms with van der Waals surface area (Å²) in [7, 11) is 1.88. The van der Waals surface area contributed by atoms with Crippen molar-refractivity contribution < 1.29 is 9.90 Å². The van der Waals surface area contributed by atoms with Gasteiger partial charge < -0.3 is 5.11 Å². The van der Waals surface area contributed by atoms with Crippen molar-refractivity contribution in [3.63, 3.8) is 0 Å². The minimum absolute atomic E-state index is 0.0907. The van der Waals surface area contributed by atoms with Crippen molar-refractivity contribution in [3.8, 4) is 0 Å². The number of hydrogen-bond acceptors (Lipinski definition) is 2. The second-order valence-electron chi connectivity index (χ2n) is 5.07. The molecule has 96 valence electrons. The van der Waals surface area contributed by atoms with Crippen LogP contribution in [0.15, 0.2) is 22.8 Å². The van der Waals surface area contributed by atoms with E-state index in [1.807, 2.05) is 39.1 Å². The fourth-order valence-corrected chi connectivity index (χ4v) is 2.95. The smallest absolute Gasteiger partial charge is 0.304 e. The molecule has 0 saturated carbocycles. The van der Waals surface area contributed by atoms with Crippen LogP contribution in [-0.4, -0.2) is 20.9 Å². The SMILES string of the molecule is Cn1nc(Br)c2c(C(C)(C)CC(=O)O)cccc21. The minimum atomic E-state index is -0.794. The summed E-state index contributed by atoms with van der Waals surface area (Å²) in [5, 5.41) is 14.3. The van der Waals surface area contributed by atoms with Crippen molar-refractivity contribution in [2.45, 2.75) is 25.7 Å². The maximum atomic E-state index is 11.0. The molecule has 1 N–H and O–H groups in total. The van der Waals surface area contributed by atoms with Crippen LogP contribution in [0.4, 0.5) is 0 Å². The van der Waals surface area contributed by atoms with Crippen LogP contribution in [0.25, 0.3) is 10.9 Å². The fraction of sp³-hybridized carbons (Fsp3) is 0.385. The number of rotatable bonds is 3. The molecule has 0 fully saturated rings. The van der Waals surface area contributed by atoms with Gasteiger partial charge in [-0.05, 0) is 27.6 Å². The normalized spacial score (nSPS) is 12.0. The zero-order valence-electron chi connectivity index (χ0n) is 10.6. The molecule has 0 aliphatic carbocycles. The zero-order valence-corrected chi connectivity index (χ0v) is 12.2. The Morgan fingerprint density at radius 2 is 2.17 bits per heavy atom. The molecule has 0 atom stereocenters. The van der Waals surface area contributed by atoms with E-state index in [1.54, 1.807) is 4.68 Å². The highest BCUT2D eigenvalue weighted by Gasteiger charge is 2.27. The molecule has 0 spiro atoms. The standard InChI is InChI=1S/C13H15BrN2O2/c1-13(2,7-10(17)18)8-5-4-6-9-11(8)12(14)15-16(9)3/h4-6H,7H2,1-3H3,(H,17,18). The third-order valence-electron chi connectivity index (χ3n) is 3.16. The third kappa shape index (κ3) is 2.14. The molecule has 1 heterocycles. The summed E-state index contributed by atoms with van der Waals surface area (Å²) in [5.74, 6) is -0.794. The van der Waals surface area contributed by atoms with Crippen molar-refractivity contribution in [2.24, 2.45) is 7.05 Å². The average molecular weight is 311 g/mol. The Morgan fingerprint density at radius 3 is 2.78 bits per heavy atom. The molecule has 1 aromatic heterocycles. The van der Waals surface area contributed by atoms with Gasteiger partial charge in [0.2, 0.25) is 0 Å². The van der Waals surface area contributed by atoms with Crippen LogP contribution in [0.1, 0.15) is 25.8 Å². The Morgan fingerprint density at radius 1 is 1.50 bits per heavy atom. The van der Waals surface area contributed by atoms with Crippen LogP contribution in [0.2, 0.25) is 0 Å². The van der Waals surface area contributed by atoms with E-state index < -0.39 is 11.4 Å². The number of aryl methyl sites for hydroxylation is 1. The monoisotopic (exact) mass is 310 g/mol. The molecule has 0 aliphatic rings. The Hall–Kier alpha value is -1.36. The third-order valence-corrected chi connectivity index (χ3v) is 3.71. The number of hydrogen-bond donors (Lipinski definition) is 1. The molecule has 2 aromatic rings. The maximum Gasteiger partial charge on any atom is 0.304 e. The molecule has 0 radical (unpaired) electrons. The van der Waals surface area contributed by atoms with E-state index in [1.165, 1.54) is 0 Å². The summed E-state index contributed by atoms with van der Waals surface area (Å²) in [6.07, 6.45) is 0.0907. The average Bonchev–Trinajstić information content (AvgIpc) is 2.53. The van der Waals surface area contributed by atoms with E-state index in [4.69, 9.17) is 5.11 Å². The number of nitrogens with zero attached hydrogens (tertiary/aromatic N) is 2. The van der Waals surface area contributed by atoms with Gasteiger partial charge in [0.15, 0.2) is 0 Å². The molecule has 0 amide bonds. The molecule has 1 aromatic carbocycles. The molecule has 18 heavy (non-hydrogen) atoms. The van der Waals surface area contributed by atoms with Gasteiger partial charge >= 0.3 is 5.97 Å². The molecule has 5 heteroatoms.